The molecule has 0 bridgehead atoms. The molecule has 0 spiro atoms. The van der Waals surface area contributed by atoms with Crippen molar-refractivity contribution in [3.05, 3.63) is 47.8 Å². The number of hydrogen-bond donors (Lipinski definition) is 1. The lowest BCUT2D eigenvalue weighted by Crippen LogP contribution is -2.33. The SMILES string of the molecule is CC(C)Cc1cc(CNC(=O)C2[C@H]3CN(CCC(C)(C)C)C[C@@H]23)nn1-c1ccccc1. The number of likely N-dealkylation sites (tertiary alicyclic amines) is 1. The molecule has 3 atom stereocenters. The second-order valence-electron chi connectivity index (χ2n) is 11.1. The molecule has 1 saturated heterocycles. The van der Waals surface area contributed by atoms with E-state index in [-0.39, 0.29) is 11.8 Å². The second-order valence-corrected chi connectivity index (χ2v) is 11.1. The highest BCUT2D eigenvalue weighted by Gasteiger charge is 2.59. The van der Waals surface area contributed by atoms with Gasteiger partial charge in [-0.1, -0.05) is 52.8 Å². The maximum Gasteiger partial charge on any atom is 0.224 e. The van der Waals surface area contributed by atoms with E-state index < -0.39 is 0 Å². The van der Waals surface area contributed by atoms with Gasteiger partial charge in [0.15, 0.2) is 0 Å². The number of hydrogen-bond acceptors (Lipinski definition) is 3. The van der Waals surface area contributed by atoms with Crippen molar-refractivity contribution >= 4 is 5.91 Å². The molecule has 1 aromatic heterocycles. The van der Waals surface area contributed by atoms with Crippen molar-refractivity contribution in [1.29, 1.82) is 0 Å². The van der Waals surface area contributed by atoms with Crippen LogP contribution >= 0.6 is 0 Å². The van der Waals surface area contributed by atoms with Crippen molar-refractivity contribution in [1.82, 2.24) is 20.0 Å². The van der Waals surface area contributed by atoms with Gasteiger partial charge in [-0.25, -0.2) is 4.68 Å². The van der Waals surface area contributed by atoms with Crippen molar-refractivity contribution in [3.8, 4) is 5.69 Å². The van der Waals surface area contributed by atoms with E-state index in [2.05, 4.69) is 63.0 Å². The van der Waals surface area contributed by atoms with E-state index >= 15 is 0 Å². The van der Waals surface area contributed by atoms with Gasteiger partial charge in [0, 0.05) is 24.7 Å². The van der Waals surface area contributed by atoms with Gasteiger partial charge in [-0.15, -0.1) is 0 Å². The van der Waals surface area contributed by atoms with Crippen LogP contribution in [0.25, 0.3) is 5.69 Å². The molecule has 5 heteroatoms. The van der Waals surface area contributed by atoms with Gasteiger partial charge >= 0.3 is 0 Å². The Morgan fingerprint density at radius 2 is 1.84 bits per heavy atom. The van der Waals surface area contributed by atoms with E-state index in [1.165, 1.54) is 12.1 Å². The van der Waals surface area contributed by atoms with Crippen molar-refractivity contribution in [3.63, 3.8) is 0 Å². The highest BCUT2D eigenvalue weighted by molar-refractivity contribution is 5.82. The van der Waals surface area contributed by atoms with Gasteiger partial charge in [-0.3, -0.25) is 4.79 Å². The third-order valence-electron chi connectivity index (χ3n) is 6.65. The molecular formula is C26H38N4O. The number of fused-ring (bicyclic) bond motifs is 1. The van der Waals surface area contributed by atoms with Crippen LogP contribution in [0.2, 0.25) is 0 Å². The number of rotatable bonds is 8. The van der Waals surface area contributed by atoms with Crippen LogP contribution in [0, 0.1) is 29.1 Å². The molecule has 1 saturated carbocycles. The monoisotopic (exact) mass is 422 g/mol. The first-order valence-electron chi connectivity index (χ1n) is 11.8. The summed E-state index contributed by atoms with van der Waals surface area (Å²) < 4.78 is 2.03. The standard InChI is InChI=1S/C26H38N4O/c1-18(2)13-21-14-19(28-30(21)20-9-7-6-8-10-20)15-27-25(31)24-22-16-29(17-23(22)24)12-11-26(3,4)5/h6-10,14,18,22-24H,11-13,15-17H2,1-5H3,(H,27,31)/t22-,23+,24?. The van der Waals surface area contributed by atoms with E-state index in [4.69, 9.17) is 5.10 Å². The molecule has 1 N–H and O–H groups in total. The number of amides is 1. The highest BCUT2D eigenvalue weighted by atomic mass is 16.2. The Hall–Kier alpha value is -2.14. The van der Waals surface area contributed by atoms with Crippen LogP contribution in [0.4, 0.5) is 0 Å². The number of nitrogens with zero attached hydrogens (tertiary/aromatic N) is 3. The Bertz CT molecular complexity index is 884. The van der Waals surface area contributed by atoms with E-state index in [1.54, 1.807) is 0 Å². The number of para-hydroxylation sites is 1. The Kier molecular flexibility index (Phi) is 6.25. The molecule has 1 amide bonds. The van der Waals surface area contributed by atoms with Crippen molar-refractivity contribution in [2.45, 2.75) is 54.0 Å². The fraction of sp³-hybridized carbons (Fsp3) is 0.615. The quantitative estimate of drug-likeness (QED) is 0.690. The average molecular weight is 423 g/mol. The Balaban J connectivity index is 1.31. The summed E-state index contributed by atoms with van der Waals surface area (Å²) in [5.74, 6) is 2.08. The summed E-state index contributed by atoms with van der Waals surface area (Å²) in [6, 6.07) is 12.4. The zero-order valence-corrected chi connectivity index (χ0v) is 19.8. The molecule has 1 aromatic carbocycles. The number of carbonyl (C=O) groups excluding carboxylic acids is 1. The zero-order valence-electron chi connectivity index (χ0n) is 19.8. The second kappa shape index (κ2) is 8.78. The van der Waals surface area contributed by atoms with Gasteiger partial charge < -0.3 is 10.2 Å². The molecule has 31 heavy (non-hydrogen) atoms. The summed E-state index contributed by atoms with van der Waals surface area (Å²) in [6.45, 7) is 15.2. The van der Waals surface area contributed by atoms with Crippen molar-refractivity contribution in [2.24, 2.45) is 29.1 Å². The predicted octanol–water partition coefficient (Wildman–Crippen LogP) is 4.30. The molecule has 1 unspecified atom stereocenters. The summed E-state index contributed by atoms with van der Waals surface area (Å²) in [5, 5.41) is 7.98. The average Bonchev–Trinajstić information content (AvgIpc) is 3.03. The fourth-order valence-electron chi connectivity index (χ4n) is 4.89. The zero-order chi connectivity index (χ0) is 22.2. The Labute approximate surface area is 187 Å². The lowest BCUT2D eigenvalue weighted by molar-refractivity contribution is -0.123. The van der Waals surface area contributed by atoms with Crippen LogP contribution in [-0.4, -0.2) is 40.2 Å². The van der Waals surface area contributed by atoms with E-state index in [0.29, 0.717) is 29.7 Å². The number of carbonyl (C=O) groups is 1. The summed E-state index contributed by atoms with van der Waals surface area (Å²) >= 11 is 0. The number of aromatic nitrogens is 2. The van der Waals surface area contributed by atoms with Crippen LogP contribution < -0.4 is 5.32 Å². The first-order valence-corrected chi connectivity index (χ1v) is 11.8. The third-order valence-corrected chi connectivity index (χ3v) is 6.65. The maximum absolute atomic E-state index is 12.8. The van der Waals surface area contributed by atoms with Gasteiger partial charge in [0.25, 0.3) is 0 Å². The van der Waals surface area contributed by atoms with Gasteiger partial charge in [0.2, 0.25) is 5.91 Å². The van der Waals surface area contributed by atoms with Crippen LogP contribution in [0.1, 0.15) is 52.4 Å². The van der Waals surface area contributed by atoms with Crippen molar-refractivity contribution < 1.29 is 4.79 Å². The molecule has 2 aromatic rings. The van der Waals surface area contributed by atoms with Crippen LogP contribution in [-0.2, 0) is 17.8 Å². The minimum absolute atomic E-state index is 0.206. The summed E-state index contributed by atoms with van der Waals surface area (Å²) in [7, 11) is 0. The molecular weight excluding hydrogens is 384 g/mol. The molecule has 2 heterocycles. The third kappa shape index (κ3) is 5.38. The van der Waals surface area contributed by atoms with E-state index in [1.807, 2.05) is 22.9 Å². The molecule has 1 aliphatic carbocycles. The predicted molar refractivity (Wildman–Crippen MR) is 125 cm³/mol. The lowest BCUT2D eigenvalue weighted by atomic mass is 9.92. The number of benzene rings is 1. The van der Waals surface area contributed by atoms with Crippen molar-refractivity contribution in [2.75, 3.05) is 19.6 Å². The van der Waals surface area contributed by atoms with Gasteiger partial charge in [-0.05, 0) is 60.8 Å². The fourth-order valence-corrected chi connectivity index (χ4v) is 4.89. The molecule has 2 aliphatic rings. The maximum atomic E-state index is 12.8. The highest BCUT2D eigenvalue weighted by Crippen LogP contribution is 2.51. The van der Waals surface area contributed by atoms with Gasteiger partial charge in [0.05, 0.1) is 17.9 Å². The van der Waals surface area contributed by atoms with E-state index in [0.717, 1.165) is 37.4 Å². The smallest absolute Gasteiger partial charge is 0.224 e. The van der Waals surface area contributed by atoms with E-state index in [9.17, 15) is 4.79 Å². The van der Waals surface area contributed by atoms with Gasteiger partial charge in [-0.2, -0.15) is 5.10 Å². The first-order chi connectivity index (χ1) is 14.7. The molecule has 2 fully saturated rings. The minimum Gasteiger partial charge on any atom is -0.350 e. The summed E-state index contributed by atoms with van der Waals surface area (Å²) in [6.07, 6.45) is 2.18. The van der Waals surface area contributed by atoms with Crippen LogP contribution in [0.3, 0.4) is 0 Å². The topological polar surface area (TPSA) is 50.2 Å². The summed E-state index contributed by atoms with van der Waals surface area (Å²) in [4.78, 5) is 15.3. The lowest BCUT2D eigenvalue weighted by Gasteiger charge is -2.24. The molecule has 5 nitrogen and oxygen atoms in total. The Morgan fingerprint density at radius 1 is 1.16 bits per heavy atom. The van der Waals surface area contributed by atoms with Crippen LogP contribution in [0.15, 0.2) is 36.4 Å². The molecule has 4 rings (SSSR count). The Morgan fingerprint density at radius 3 is 2.45 bits per heavy atom. The largest absolute Gasteiger partial charge is 0.350 e. The first kappa shape index (κ1) is 22.1. The number of nitrogens with one attached hydrogen (secondary N) is 1. The number of piperidine rings is 1. The summed E-state index contributed by atoms with van der Waals surface area (Å²) in [5.41, 5.74) is 3.58. The molecule has 1 aliphatic heterocycles. The molecule has 168 valence electrons. The van der Waals surface area contributed by atoms with Crippen LogP contribution in [0.5, 0.6) is 0 Å². The van der Waals surface area contributed by atoms with Gasteiger partial charge in [0.1, 0.15) is 0 Å². The normalized spacial score (nSPS) is 23.2. The minimum atomic E-state index is 0.206. The molecule has 0 radical (unpaired) electrons.